The number of sulfonamides is 1. The summed E-state index contributed by atoms with van der Waals surface area (Å²) in [6.07, 6.45) is 0.101. The lowest BCUT2D eigenvalue weighted by atomic mass is 10.2. The van der Waals surface area contributed by atoms with Gasteiger partial charge in [0.1, 0.15) is 5.82 Å². The molecular formula is C11H14FN3O3S. The average Bonchev–Trinajstić information content (AvgIpc) is 2.74. The van der Waals surface area contributed by atoms with E-state index in [1.54, 1.807) is 0 Å². The predicted octanol–water partition coefficient (Wildman–Crippen LogP) is -0.549. The average molecular weight is 287 g/mol. The van der Waals surface area contributed by atoms with E-state index in [1.807, 2.05) is 0 Å². The van der Waals surface area contributed by atoms with Gasteiger partial charge in [0.2, 0.25) is 15.9 Å². The van der Waals surface area contributed by atoms with Crippen molar-refractivity contribution in [2.45, 2.75) is 23.9 Å². The molecule has 104 valence electrons. The molecule has 8 heteroatoms. The number of nitrogens with two attached hydrogens (primary N) is 1. The van der Waals surface area contributed by atoms with E-state index >= 15 is 0 Å². The maximum atomic E-state index is 13.3. The first-order valence-corrected chi connectivity index (χ1v) is 7.18. The van der Waals surface area contributed by atoms with Crippen LogP contribution in [0.4, 0.5) is 4.39 Å². The Hall–Kier alpha value is -1.51. The highest BCUT2D eigenvalue weighted by Crippen LogP contribution is 2.16. The van der Waals surface area contributed by atoms with Gasteiger partial charge >= 0.3 is 0 Å². The Morgan fingerprint density at radius 2 is 2.21 bits per heavy atom. The van der Waals surface area contributed by atoms with Crippen molar-refractivity contribution in [2.24, 2.45) is 5.73 Å². The van der Waals surface area contributed by atoms with Gasteiger partial charge in [-0.25, -0.2) is 17.5 Å². The monoisotopic (exact) mass is 287 g/mol. The lowest BCUT2D eigenvalue weighted by Gasteiger charge is -2.12. The maximum Gasteiger partial charge on any atom is 0.240 e. The molecule has 1 aliphatic rings. The number of carbonyl (C=O) groups is 1. The second-order valence-corrected chi connectivity index (χ2v) is 6.00. The summed E-state index contributed by atoms with van der Waals surface area (Å²) in [6.45, 7) is 0.168. The van der Waals surface area contributed by atoms with Gasteiger partial charge in [-0.2, -0.15) is 0 Å². The molecule has 0 radical (unpaired) electrons. The van der Waals surface area contributed by atoms with Crippen molar-refractivity contribution in [3.63, 3.8) is 0 Å². The molecular weight excluding hydrogens is 273 g/mol. The van der Waals surface area contributed by atoms with Crippen LogP contribution in [0.3, 0.4) is 0 Å². The lowest BCUT2D eigenvalue weighted by Crippen LogP contribution is -2.36. The molecule has 1 aromatic rings. The van der Waals surface area contributed by atoms with Crippen LogP contribution in [0.2, 0.25) is 0 Å². The van der Waals surface area contributed by atoms with Gasteiger partial charge in [0.05, 0.1) is 4.90 Å². The molecule has 0 spiro atoms. The van der Waals surface area contributed by atoms with Crippen LogP contribution in [0.25, 0.3) is 0 Å². The zero-order valence-corrected chi connectivity index (χ0v) is 10.8. The maximum absolute atomic E-state index is 13.3. The number of hydrogen-bond acceptors (Lipinski definition) is 4. The quantitative estimate of drug-likeness (QED) is 0.691. The highest BCUT2D eigenvalue weighted by molar-refractivity contribution is 7.89. The third-order valence-electron chi connectivity index (χ3n) is 2.85. The fraction of sp³-hybridized carbons (Fsp3) is 0.364. The number of nitrogens with one attached hydrogen (secondary N) is 2. The van der Waals surface area contributed by atoms with E-state index in [2.05, 4.69) is 10.0 Å². The predicted molar refractivity (Wildman–Crippen MR) is 66.0 cm³/mol. The number of amides is 1. The third-order valence-corrected chi connectivity index (χ3v) is 4.36. The van der Waals surface area contributed by atoms with Crippen LogP contribution in [0.5, 0.6) is 0 Å². The second-order valence-electron chi connectivity index (χ2n) is 4.28. The van der Waals surface area contributed by atoms with E-state index in [9.17, 15) is 17.6 Å². The van der Waals surface area contributed by atoms with Crippen molar-refractivity contribution in [1.29, 1.82) is 0 Å². The van der Waals surface area contributed by atoms with Crippen LogP contribution in [0.1, 0.15) is 12.0 Å². The lowest BCUT2D eigenvalue weighted by molar-refractivity contribution is -0.119. The summed E-state index contributed by atoms with van der Waals surface area (Å²) >= 11 is 0. The fourth-order valence-electron chi connectivity index (χ4n) is 1.85. The molecule has 2 rings (SSSR count). The minimum atomic E-state index is -3.78. The first kappa shape index (κ1) is 13.9. The van der Waals surface area contributed by atoms with Gasteiger partial charge in [-0.15, -0.1) is 0 Å². The number of benzene rings is 1. The minimum Gasteiger partial charge on any atom is -0.354 e. The van der Waals surface area contributed by atoms with E-state index in [1.165, 1.54) is 12.1 Å². The van der Waals surface area contributed by atoms with Gasteiger partial charge in [0.15, 0.2) is 0 Å². The molecule has 1 fully saturated rings. The Kier molecular flexibility index (Phi) is 3.83. The Bertz CT molecular complexity index is 603. The molecule has 6 nitrogen and oxygen atoms in total. The van der Waals surface area contributed by atoms with E-state index in [0.29, 0.717) is 0 Å². The summed E-state index contributed by atoms with van der Waals surface area (Å²) < 4.78 is 39.8. The minimum absolute atomic E-state index is 0.0614. The van der Waals surface area contributed by atoms with Crippen LogP contribution in [-0.4, -0.2) is 26.9 Å². The Labute approximate surface area is 110 Å². The molecule has 19 heavy (non-hydrogen) atoms. The number of carbonyl (C=O) groups excluding carboxylic acids is 1. The Morgan fingerprint density at radius 3 is 2.79 bits per heavy atom. The second kappa shape index (κ2) is 5.24. The van der Waals surface area contributed by atoms with E-state index in [-0.39, 0.29) is 35.9 Å². The van der Waals surface area contributed by atoms with Crippen molar-refractivity contribution >= 4 is 15.9 Å². The zero-order valence-electron chi connectivity index (χ0n) is 10.0. The number of halogens is 1. The standard InChI is InChI=1S/C11H14FN3O3S/c12-10-2-1-9(3-7(10)5-13)19(17,18)15-8-4-11(16)14-6-8/h1-3,8,15H,4-6,13H2,(H,14,16). The molecule has 0 bridgehead atoms. The summed E-state index contributed by atoms with van der Waals surface area (Å²) in [4.78, 5) is 10.9. The van der Waals surface area contributed by atoms with Crippen molar-refractivity contribution in [3.05, 3.63) is 29.6 Å². The van der Waals surface area contributed by atoms with E-state index in [4.69, 9.17) is 5.73 Å². The molecule has 1 unspecified atom stereocenters. The molecule has 1 aliphatic heterocycles. The fourth-order valence-corrected chi connectivity index (χ4v) is 3.14. The molecule has 4 N–H and O–H groups in total. The van der Waals surface area contributed by atoms with Gasteiger partial charge in [-0.1, -0.05) is 0 Å². The molecule has 1 saturated heterocycles. The third kappa shape index (κ3) is 3.09. The van der Waals surface area contributed by atoms with Crippen molar-refractivity contribution in [2.75, 3.05) is 6.54 Å². The summed E-state index contributed by atoms with van der Waals surface area (Å²) in [6, 6.07) is 2.95. The zero-order chi connectivity index (χ0) is 14.0. The molecule has 1 atom stereocenters. The number of rotatable bonds is 4. The van der Waals surface area contributed by atoms with Gasteiger partial charge < -0.3 is 11.1 Å². The van der Waals surface area contributed by atoms with Crippen LogP contribution in [-0.2, 0) is 21.4 Å². The molecule has 1 heterocycles. The number of hydrogen-bond donors (Lipinski definition) is 3. The first-order chi connectivity index (χ1) is 8.92. The SMILES string of the molecule is NCc1cc(S(=O)(=O)NC2CNC(=O)C2)ccc1F. The molecule has 1 amide bonds. The first-order valence-electron chi connectivity index (χ1n) is 5.70. The molecule has 1 aromatic carbocycles. The highest BCUT2D eigenvalue weighted by atomic mass is 32.2. The Morgan fingerprint density at radius 1 is 1.47 bits per heavy atom. The van der Waals surface area contributed by atoms with Crippen molar-refractivity contribution < 1.29 is 17.6 Å². The van der Waals surface area contributed by atoms with Crippen LogP contribution < -0.4 is 15.8 Å². The summed E-state index contributed by atoms with van der Waals surface area (Å²) in [5.74, 6) is -0.742. The van der Waals surface area contributed by atoms with Crippen LogP contribution in [0, 0.1) is 5.82 Å². The summed E-state index contributed by atoms with van der Waals surface area (Å²) in [7, 11) is -3.78. The molecule has 0 aromatic heterocycles. The van der Waals surface area contributed by atoms with Crippen LogP contribution >= 0.6 is 0 Å². The molecule has 0 saturated carbocycles. The van der Waals surface area contributed by atoms with Crippen molar-refractivity contribution in [3.8, 4) is 0 Å². The van der Waals surface area contributed by atoms with Crippen molar-refractivity contribution in [1.82, 2.24) is 10.0 Å². The summed E-state index contributed by atoms with van der Waals surface area (Å²) in [5.41, 5.74) is 5.46. The van der Waals surface area contributed by atoms with Gasteiger partial charge in [0.25, 0.3) is 0 Å². The smallest absolute Gasteiger partial charge is 0.240 e. The topological polar surface area (TPSA) is 101 Å². The van der Waals surface area contributed by atoms with Gasteiger partial charge in [-0.3, -0.25) is 4.79 Å². The summed E-state index contributed by atoms with van der Waals surface area (Å²) in [5, 5.41) is 2.53. The van der Waals surface area contributed by atoms with Gasteiger partial charge in [-0.05, 0) is 18.2 Å². The largest absolute Gasteiger partial charge is 0.354 e. The van der Waals surface area contributed by atoms with E-state index in [0.717, 1.165) is 6.07 Å². The van der Waals surface area contributed by atoms with Gasteiger partial charge in [0, 0.05) is 31.1 Å². The normalized spacial score (nSPS) is 19.5. The van der Waals surface area contributed by atoms with E-state index < -0.39 is 21.9 Å². The Balaban J connectivity index is 2.22. The highest BCUT2D eigenvalue weighted by Gasteiger charge is 2.27. The molecule has 0 aliphatic carbocycles. The van der Waals surface area contributed by atoms with Crippen LogP contribution in [0.15, 0.2) is 23.1 Å².